The van der Waals surface area contributed by atoms with Crippen LogP contribution in [0, 0.1) is 19.8 Å². The average molecular weight is 277 g/mol. The van der Waals surface area contributed by atoms with Gasteiger partial charge in [0.2, 0.25) is 5.91 Å². The molecule has 1 aromatic heterocycles. The molecule has 0 unspecified atom stereocenters. The molecule has 0 radical (unpaired) electrons. The van der Waals surface area contributed by atoms with Crippen LogP contribution in [0.4, 0.5) is 0 Å². The van der Waals surface area contributed by atoms with E-state index in [4.69, 9.17) is 0 Å². The summed E-state index contributed by atoms with van der Waals surface area (Å²) in [5.41, 5.74) is 3.23. The Balaban J connectivity index is 2.01. The third-order valence-electron chi connectivity index (χ3n) is 4.13. The van der Waals surface area contributed by atoms with Crippen molar-refractivity contribution in [3.8, 4) is 0 Å². The fraction of sp³-hybridized carbons (Fsp3) is 0.750. The van der Waals surface area contributed by atoms with Crippen LogP contribution < -0.4 is 5.32 Å². The first-order valence-electron chi connectivity index (χ1n) is 7.79. The van der Waals surface area contributed by atoms with Gasteiger partial charge in [-0.2, -0.15) is 5.10 Å². The van der Waals surface area contributed by atoms with Crippen LogP contribution in [0.5, 0.6) is 0 Å². The maximum atomic E-state index is 12.2. The average Bonchev–Trinajstić information content (AvgIpc) is 2.93. The first-order valence-corrected chi connectivity index (χ1v) is 7.79. The van der Waals surface area contributed by atoms with Gasteiger partial charge in [0.15, 0.2) is 0 Å². The molecule has 1 N–H and O–H groups in total. The van der Waals surface area contributed by atoms with Crippen LogP contribution in [-0.4, -0.2) is 21.7 Å². The second-order valence-electron chi connectivity index (χ2n) is 6.45. The van der Waals surface area contributed by atoms with E-state index in [9.17, 15) is 4.79 Å². The molecule has 2 rings (SSSR count). The van der Waals surface area contributed by atoms with E-state index in [0.717, 1.165) is 36.3 Å². The maximum Gasteiger partial charge on any atom is 0.224 e. The molecule has 4 nitrogen and oxygen atoms in total. The topological polar surface area (TPSA) is 46.9 Å². The van der Waals surface area contributed by atoms with E-state index in [1.807, 2.05) is 11.6 Å². The van der Waals surface area contributed by atoms with Gasteiger partial charge >= 0.3 is 0 Å². The van der Waals surface area contributed by atoms with Crippen LogP contribution in [0.1, 0.15) is 56.5 Å². The Kier molecular flexibility index (Phi) is 4.84. The van der Waals surface area contributed by atoms with E-state index in [1.54, 1.807) is 0 Å². The highest BCUT2D eigenvalue weighted by Crippen LogP contribution is 2.19. The summed E-state index contributed by atoms with van der Waals surface area (Å²) in [6.07, 6.45) is 5.23. The fourth-order valence-electron chi connectivity index (χ4n) is 3.02. The molecule has 0 aliphatic heterocycles. The first-order chi connectivity index (χ1) is 9.47. The van der Waals surface area contributed by atoms with Crippen molar-refractivity contribution in [2.24, 2.45) is 5.92 Å². The highest BCUT2D eigenvalue weighted by atomic mass is 16.1. The minimum absolute atomic E-state index is 0.146. The number of rotatable bonds is 5. The fourth-order valence-corrected chi connectivity index (χ4v) is 3.02. The Morgan fingerprint density at radius 2 is 2.00 bits per heavy atom. The SMILES string of the molecule is Cc1nn(CC(C)C)c(C)c1CC(=O)NC1CCCC1. The van der Waals surface area contributed by atoms with Gasteiger partial charge in [-0.1, -0.05) is 26.7 Å². The van der Waals surface area contributed by atoms with Gasteiger partial charge in [0.25, 0.3) is 0 Å². The lowest BCUT2D eigenvalue weighted by Crippen LogP contribution is -2.33. The number of hydrogen-bond donors (Lipinski definition) is 1. The van der Waals surface area contributed by atoms with Crippen LogP contribution in [-0.2, 0) is 17.8 Å². The lowest BCUT2D eigenvalue weighted by molar-refractivity contribution is -0.121. The van der Waals surface area contributed by atoms with Crippen molar-refractivity contribution < 1.29 is 4.79 Å². The third kappa shape index (κ3) is 3.62. The van der Waals surface area contributed by atoms with E-state index < -0.39 is 0 Å². The molecule has 1 aliphatic rings. The molecule has 0 saturated heterocycles. The van der Waals surface area contributed by atoms with Gasteiger partial charge in [0.05, 0.1) is 12.1 Å². The quantitative estimate of drug-likeness (QED) is 0.899. The van der Waals surface area contributed by atoms with Gasteiger partial charge in [0, 0.05) is 23.8 Å². The molecule has 1 heterocycles. The van der Waals surface area contributed by atoms with Crippen LogP contribution in [0.15, 0.2) is 0 Å². The van der Waals surface area contributed by atoms with E-state index in [2.05, 4.69) is 31.2 Å². The molecule has 112 valence electrons. The highest BCUT2D eigenvalue weighted by molar-refractivity contribution is 5.79. The molecule has 0 aromatic carbocycles. The Hall–Kier alpha value is -1.32. The van der Waals surface area contributed by atoms with Gasteiger partial charge in [-0.25, -0.2) is 0 Å². The van der Waals surface area contributed by atoms with Gasteiger partial charge < -0.3 is 5.32 Å². The van der Waals surface area contributed by atoms with Crippen molar-refractivity contribution in [3.63, 3.8) is 0 Å². The minimum atomic E-state index is 0.146. The van der Waals surface area contributed by atoms with Crippen LogP contribution in [0.2, 0.25) is 0 Å². The van der Waals surface area contributed by atoms with Gasteiger partial charge in [-0.15, -0.1) is 0 Å². The summed E-state index contributed by atoms with van der Waals surface area (Å²) in [5, 5.41) is 7.73. The van der Waals surface area contributed by atoms with E-state index in [-0.39, 0.29) is 5.91 Å². The molecule has 0 bridgehead atoms. The van der Waals surface area contributed by atoms with E-state index >= 15 is 0 Å². The van der Waals surface area contributed by atoms with E-state index in [0.29, 0.717) is 18.4 Å². The highest BCUT2D eigenvalue weighted by Gasteiger charge is 2.20. The Bertz CT molecular complexity index is 470. The molecular weight excluding hydrogens is 250 g/mol. The largest absolute Gasteiger partial charge is 0.353 e. The number of aryl methyl sites for hydroxylation is 1. The van der Waals surface area contributed by atoms with Crippen LogP contribution in [0.3, 0.4) is 0 Å². The smallest absolute Gasteiger partial charge is 0.224 e. The Labute approximate surface area is 121 Å². The van der Waals surface area contributed by atoms with E-state index in [1.165, 1.54) is 12.8 Å². The van der Waals surface area contributed by atoms with Crippen molar-refractivity contribution in [2.45, 2.75) is 72.4 Å². The predicted octanol–water partition coefficient (Wildman–Crippen LogP) is 2.76. The van der Waals surface area contributed by atoms with Crippen LogP contribution >= 0.6 is 0 Å². The van der Waals surface area contributed by atoms with Crippen molar-refractivity contribution >= 4 is 5.91 Å². The second-order valence-corrected chi connectivity index (χ2v) is 6.45. The molecule has 1 aliphatic carbocycles. The molecule has 1 aromatic rings. The zero-order chi connectivity index (χ0) is 14.7. The number of amides is 1. The molecular formula is C16H27N3O. The number of aromatic nitrogens is 2. The maximum absolute atomic E-state index is 12.2. The number of hydrogen-bond acceptors (Lipinski definition) is 2. The second kappa shape index (κ2) is 6.42. The van der Waals surface area contributed by atoms with Crippen molar-refractivity contribution in [1.29, 1.82) is 0 Å². The molecule has 20 heavy (non-hydrogen) atoms. The normalized spacial score (nSPS) is 16.1. The number of nitrogens with zero attached hydrogens (tertiary/aromatic N) is 2. The van der Waals surface area contributed by atoms with Gasteiger partial charge in [-0.3, -0.25) is 9.48 Å². The lowest BCUT2D eigenvalue weighted by atomic mass is 10.1. The Morgan fingerprint density at radius 1 is 1.35 bits per heavy atom. The summed E-state index contributed by atoms with van der Waals surface area (Å²) in [4.78, 5) is 12.2. The summed E-state index contributed by atoms with van der Waals surface area (Å²) in [6, 6.07) is 0.397. The van der Waals surface area contributed by atoms with Gasteiger partial charge in [0.1, 0.15) is 0 Å². The molecule has 0 atom stereocenters. The molecule has 1 saturated carbocycles. The van der Waals surface area contributed by atoms with Crippen molar-refractivity contribution in [1.82, 2.24) is 15.1 Å². The summed E-state index contributed by atoms with van der Waals surface area (Å²) < 4.78 is 2.04. The van der Waals surface area contributed by atoms with Crippen LogP contribution in [0.25, 0.3) is 0 Å². The number of carbonyl (C=O) groups excluding carboxylic acids is 1. The van der Waals surface area contributed by atoms with Gasteiger partial charge in [-0.05, 0) is 32.6 Å². The predicted molar refractivity (Wildman–Crippen MR) is 80.6 cm³/mol. The summed E-state index contributed by atoms with van der Waals surface area (Å²) in [6.45, 7) is 9.35. The lowest BCUT2D eigenvalue weighted by Gasteiger charge is -2.12. The molecule has 1 amide bonds. The number of nitrogens with one attached hydrogen (secondary N) is 1. The minimum Gasteiger partial charge on any atom is -0.353 e. The number of carbonyl (C=O) groups is 1. The standard InChI is InChI=1S/C16H27N3O/c1-11(2)10-19-13(4)15(12(3)18-19)9-16(20)17-14-7-5-6-8-14/h11,14H,5-10H2,1-4H3,(H,17,20). The Morgan fingerprint density at radius 3 is 2.60 bits per heavy atom. The monoisotopic (exact) mass is 277 g/mol. The summed E-state index contributed by atoms with van der Waals surface area (Å²) >= 11 is 0. The summed E-state index contributed by atoms with van der Waals surface area (Å²) in [5.74, 6) is 0.709. The zero-order valence-electron chi connectivity index (χ0n) is 13.2. The molecule has 0 spiro atoms. The molecule has 1 fully saturated rings. The zero-order valence-corrected chi connectivity index (χ0v) is 13.2. The first kappa shape index (κ1) is 15.1. The summed E-state index contributed by atoms with van der Waals surface area (Å²) in [7, 11) is 0. The van der Waals surface area contributed by atoms with Crippen molar-refractivity contribution in [3.05, 3.63) is 17.0 Å². The third-order valence-corrected chi connectivity index (χ3v) is 4.13. The van der Waals surface area contributed by atoms with Crippen molar-refractivity contribution in [2.75, 3.05) is 0 Å². The molecule has 4 heteroatoms.